The molecule has 4 nitrogen and oxygen atoms in total. The molecule has 3 heterocycles. The summed E-state index contributed by atoms with van der Waals surface area (Å²) in [6.45, 7) is 0. The highest BCUT2D eigenvalue weighted by Crippen LogP contribution is 2.67. The fourth-order valence-electron chi connectivity index (χ4n) is 17.4. The fourth-order valence-corrected chi connectivity index (χ4v) is 17.4. The lowest BCUT2D eigenvalue weighted by atomic mass is 9.61. The fraction of sp³-hybridized carbons (Fsp3) is 0.200. The normalized spacial score (nSPS) is 19.5. The number of ether oxygens (including phenoxy) is 2. The zero-order valence-corrected chi connectivity index (χ0v) is 47.2. The minimum atomic E-state index is -0.666. The second kappa shape index (κ2) is 18.7. The molecule has 7 aliphatic rings. The van der Waals surface area contributed by atoms with Gasteiger partial charge in [0.2, 0.25) is 0 Å². The first-order chi connectivity index (χ1) is 41.7. The Morgan fingerprint density at radius 3 is 1.63 bits per heavy atom. The van der Waals surface area contributed by atoms with E-state index in [1.54, 1.807) is 0 Å². The molecule has 11 aromatic rings. The first kappa shape index (κ1) is 48.4. The molecule has 84 heavy (non-hydrogen) atoms. The number of rotatable bonds is 6. The van der Waals surface area contributed by atoms with Gasteiger partial charge in [-0.1, -0.05) is 202 Å². The molecule has 0 saturated heterocycles. The Morgan fingerprint density at radius 1 is 0.405 bits per heavy atom. The van der Waals surface area contributed by atoms with Gasteiger partial charge in [-0.2, -0.15) is 0 Å². The molecule has 0 radical (unpaired) electrons. The summed E-state index contributed by atoms with van der Waals surface area (Å²) in [6, 6.07) is 83.5. The predicted molar refractivity (Wildman–Crippen MR) is 343 cm³/mol. The van der Waals surface area contributed by atoms with Crippen LogP contribution in [0.25, 0.3) is 44.2 Å². The van der Waals surface area contributed by atoms with Crippen LogP contribution in [0.5, 0.6) is 23.0 Å². The number of anilines is 3. The molecular weight excluding hydrogens is 1020 g/mol. The third-order valence-electron chi connectivity index (χ3n) is 20.9. The monoisotopic (exact) mass is 1080 g/mol. The maximum Gasteiger partial charge on any atom is 0.132 e. The average molecular weight is 1090 g/mol. The lowest BCUT2D eigenvalue weighted by Gasteiger charge is -2.43. The third-order valence-corrected chi connectivity index (χ3v) is 20.9. The maximum absolute atomic E-state index is 7.28. The summed E-state index contributed by atoms with van der Waals surface area (Å²) in [5, 5.41) is 2.47. The van der Waals surface area contributed by atoms with Gasteiger partial charge in [0.1, 0.15) is 23.0 Å². The molecule has 2 atom stereocenters. The van der Waals surface area contributed by atoms with Crippen LogP contribution in [0.1, 0.15) is 138 Å². The van der Waals surface area contributed by atoms with Crippen LogP contribution in [-0.4, -0.2) is 4.57 Å². The van der Waals surface area contributed by atoms with E-state index >= 15 is 0 Å². The number of nitrogens with zero attached hydrogens (tertiary/aromatic N) is 2. The first-order valence-corrected chi connectivity index (χ1v) is 31.1. The molecule has 4 heteroatoms. The summed E-state index contributed by atoms with van der Waals surface area (Å²) >= 11 is 0. The molecule has 2 aliphatic heterocycles. The predicted octanol–water partition coefficient (Wildman–Crippen LogP) is 21.2. The molecule has 0 amide bonds. The van der Waals surface area contributed by atoms with Gasteiger partial charge in [-0.3, -0.25) is 0 Å². The van der Waals surface area contributed by atoms with Gasteiger partial charge in [0.05, 0.1) is 33.2 Å². The van der Waals surface area contributed by atoms with Crippen molar-refractivity contribution in [2.45, 2.75) is 93.3 Å². The van der Waals surface area contributed by atoms with Gasteiger partial charge < -0.3 is 18.9 Å². The van der Waals surface area contributed by atoms with Crippen LogP contribution in [0.3, 0.4) is 0 Å². The zero-order valence-electron chi connectivity index (χ0n) is 47.2. The van der Waals surface area contributed by atoms with E-state index in [2.05, 4.69) is 246 Å². The smallest absolute Gasteiger partial charge is 0.132 e. The van der Waals surface area contributed by atoms with Gasteiger partial charge in [-0.15, -0.1) is 0 Å². The van der Waals surface area contributed by atoms with Crippen LogP contribution < -0.4 is 14.4 Å². The number of fused-ring (bicyclic) bond motifs is 21. The molecule has 10 aromatic carbocycles. The standard InChI is InChI=1S/C80H64N2O2/c1-3-21-51(22-4-1)53-39-44-76-68(47-53)80(69-48-54(40-45-77(69)84-76)52-23-5-2-6-24-52)65-32-14-9-27-59(65)60-43-41-55(49-67(60)80)81(73-36-18-19-37-74(73)82-71-34-16-10-28-61(71)62-29-11-17-35-72(62)82)56-42-46-78-70(50-56)79(66-33-15-20-38-75(66)83-78)63-30-12-7-25-57(63)58-26-8-13-31-64(58)79/h7-20,25-30,32-52,64H,1-6,21-24,31H2. The largest absolute Gasteiger partial charge is 0.457 e. The molecule has 406 valence electrons. The van der Waals surface area contributed by atoms with Crippen LogP contribution in [0.2, 0.25) is 0 Å². The van der Waals surface area contributed by atoms with Crippen LogP contribution in [-0.2, 0) is 10.8 Å². The highest BCUT2D eigenvalue weighted by atomic mass is 16.5. The Labute approximate surface area is 492 Å². The van der Waals surface area contributed by atoms with Gasteiger partial charge in [0.15, 0.2) is 0 Å². The maximum atomic E-state index is 7.28. The summed E-state index contributed by atoms with van der Waals surface area (Å²) < 4.78 is 16.9. The molecule has 0 bridgehead atoms. The minimum Gasteiger partial charge on any atom is -0.457 e. The number of hydrogen-bond donors (Lipinski definition) is 0. The summed E-state index contributed by atoms with van der Waals surface area (Å²) in [7, 11) is 0. The summed E-state index contributed by atoms with van der Waals surface area (Å²) in [4.78, 5) is 2.58. The Hall–Kier alpha value is -9.12. The second-order valence-corrected chi connectivity index (χ2v) is 25.0. The van der Waals surface area contributed by atoms with Crippen LogP contribution in [0, 0.1) is 5.92 Å². The van der Waals surface area contributed by atoms with Crippen molar-refractivity contribution in [2.75, 3.05) is 4.90 Å². The Balaban J connectivity index is 0.928. The van der Waals surface area contributed by atoms with Crippen molar-refractivity contribution in [2.24, 2.45) is 5.92 Å². The second-order valence-electron chi connectivity index (χ2n) is 25.0. The van der Waals surface area contributed by atoms with E-state index in [4.69, 9.17) is 9.47 Å². The topological polar surface area (TPSA) is 26.6 Å². The van der Waals surface area contributed by atoms with Crippen molar-refractivity contribution in [1.29, 1.82) is 0 Å². The van der Waals surface area contributed by atoms with Gasteiger partial charge >= 0.3 is 0 Å². The van der Waals surface area contributed by atoms with Crippen molar-refractivity contribution in [3.8, 4) is 39.8 Å². The van der Waals surface area contributed by atoms with Crippen molar-refractivity contribution >= 4 is 44.4 Å². The molecule has 2 unspecified atom stereocenters. The molecule has 5 aliphatic carbocycles. The third kappa shape index (κ3) is 6.77. The van der Waals surface area contributed by atoms with E-state index < -0.39 is 10.8 Å². The van der Waals surface area contributed by atoms with Crippen LogP contribution in [0.15, 0.2) is 237 Å². The lowest BCUT2D eigenvalue weighted by Crippen LogP contribution is -2.37. The highest BCUT2D eigenvalue weighted by molar-refractivity contribution is 6.10. The van der Waals surface area contributed by atoms with Crippen molar-refractivity contribution < 1.29 is 9.47 Å². The molecule has 2 spiro atoms. The summed E-state index contributed by atoms with van der Waals surface area (Å²) in [5.41, 5.74) is 22.6. The van der Waals surface area contributed by atoms with Crippen molar-refractivity contribution in [3.05, 3.63) is 292 Å². The van der Waals surface area contributed by atoms with Crippen LogP contribution in [0.4, 0.5) is 17.1 Å². The number of hydrogen-bond acceptors (Lipinski definition) is 3. The van der Waals surface area contributed by atoms with Crippen LogP contribution >= 0.6 is 0 Å². The van der Waals surface area contributed by atoms with Crippen molar-refractivity contribution in [3.63, 3.8) is 0 Å². The van der Waals surface area contributed by atoms with E-state index in [-0.39, 0.29) is 5.92 Å². The number of allylic oxidation sites excluding steroid dienone is 4. The molecule has 2 fully saturated rings. The molecular formula is C80H64N2O2. The molecule has 0 N–H and O–H groups in total. The first-order valence-electron chi connectivity index (χ1n) is 31.1. The zero-order chi connectivity index (χ0) is 55.1. The van der Waals surface area contributed by atoms with Gasteiger partial charge in [-0.05, 0) is 167 Å². The SMILES string of the molecule is C1=CCC2C(=C1)c1ccccc1C21c2ccccc2Oc2ccc(N(c3ccc4c(c3)C3(c5cc(C6CCCCC6)ccc5Oc5ccc(C6CCCCC6)cc53)c3ccccc3-4)c3ccccc3-n3c4ccccc4c4ccccc43)cc21. The Morgan fingerprint density at radius 2 is 0.929 bits per heavy atom. The summed E-state index contributed by atoms with van der Waals surface area (Å²) in [6.07, 6.45) is 20.6. The van der Waals surface area contributed by atoms with E-state index in [1.165, 1.54) is 158 Å². The summed E-state index contributed by atoms with van der Waals surface area (Å²) in [5.74, 6) is 4.96. The molecule has 18 rings (SSSR count). The van der Waals surface area contributed by atoms with E-state index in [0.29, 0.717) is 11.8 Å². The molecule has 2 saturated carbocycles. The van der Waals surface area contributed by atoms with E-state index in [1.807, 2.05) is 0 Å². The highest BCUT2D eigenvalue weighted by Gasteiger charge is 2.56. The number of benzene rings is 10. The van der Waals surface area contributed by atoms with Crippen molar-refractivity contribution in [1.82, 2.24) is 4.57 Å². The number of para-hydroxylation sites is 5. The average Bonchev–Trinajstić information content (AvgIpc) is 1.57. The minimum absolute atomic E-state index is 0.168. The quantitative estimate of drug-likeness (QED) is 0.166. The van der Waals surface area contributed by atoms with Gasteiger partial charge in [0.25, 0.3) is 0 Å². The Kier molecular flexibility index (Phi) is 10.8. The van der Waals surface area contributed by atoms with E-state index in [9.17, 15) is 0 Å². The van der Waals surface area contributed by atoms with Gasteiger partial charge in [-0.25, -0.2) is 0 Å². The lowest BCUT2D eigenvalue weighted by molar-refractivity contribution is 0.383. The number of aromatic nitrogens is 1. The van der Waals surface area contributed by atoms with Gasteiger partial charge in [0, 0.05) is 50.3 Å². The van der Waals surface area contributed by atoms with E-state index in [0.717, 1.165) is 52.2 Å². The molecule has 1 aromatic heterocycles. The Bertz CT molecular complexity index is 4480.